The minimum atomic E-state index is -0.678. The smallest absolute Gasteiger partial charge is 0.129 e. The SMILES string of the molecule is COc1c(COC[C@H](O)c2ccccc2)cccc1COC[C@H](O)c1ccccc1. The van der Waals surface area contributed by atoms with Gasteiger partial charge in [0, 0.05) is 11.1 Å². The number of ether oxygens (including phenoxy) is 3. The third-order valence-corrected chi connectivity index (χ3v) is 4.82. The molecule has 0 unspecified atom stereocenters. The van der Waals surface area contributed by atoms with Crippen LogP contribution in [0.15, 0.2) is 78.9 Å². The predicted molar refractivity (Wildman–Crippen MR) is 115 cm³/mol. The molecule has 0 bridgehead atoms. The summed E-state index contributed by atoms with van der Waals surface area (Å²) in [6, 6.07) is 24.6. The van der Waals surface area contributed by atoms with Crippen molar-refractivity contribution in [2.75, 3.05) is 20.3 Å². The maximum atomic E-state index is 10.2. The maximum Gasteiger partial charge on any atom is 0.129 e. The van der Waals surface area contributed by atoms with Gasteiger partial charge in [0.25, 0.3) is 0 Å². The number of methoxy groups -OCH3 is 1. The second-order valence-electron chi connectivity index (χ2n) is 6.99. The molecule has 0 heterocycles. The number of para-hydroxylation sites is 1. The molecule has 0 amide bonds. The number of rotatable bonds is 11. The third kappa shape index (κ3) is 6.15. The minimum Gasteiger partial charge on any atom is -0.496 e. The number of aliphatic hydroxyl groups excluding tert-OH is 2. The Morgan fingerprint density at radius 3 is 1.47 bits per heavy atom. The fourth-order valence-electron chi connectivity index (χ4n) is 3.23. The summed E-state index contributed by atoms with van der Waals surface area (Å²) in [6.07, 6.45) is -1.36. The molecule has 5 nitrogen and oxygen atoms in total. The Labute approximate surface area is 177 Å². The van der Waals surface area contributed by atoms with Crippen molar-refractivity contribution in [2.45, 2.75) is 25.4 Å². The van der Waals surface area contributed by atoms with Gasteiger partial charge in [0.05, 0.1) is 33.5 Å². The highest BCUT2D eigenvalue weighted by Crippen LogP contribution is 2.26. The molecule has 0 saturated heterocycles. The number of hydrogen-bond acceptors (Lipinski definition) is 5. The van der Waals surface area contributed by atoms with Crippen LogP contribution in [-0.4, -0.2) is 30.5 Å². The summed E-state index contributed by atoms with van der Waals surface area (Å²) < 4.78 is 17.0. The van der Waals surface area contributed by atoms with Crippen LogP contribution in [0.2, 0.25) is 0 Å². The van der Waals surface area contributed by atoms with E-state index in [2.05, 4.69) is 0 Å². The maximum absolute atomic E-state index is 10.2. The van der Waals surface area contributed by atoms with Gasteiger partial charge in [0.2, 0.25) is 0 Å². The molecular formula is C25H28O5. The lowest BCUT2D eigenvalue weighted by Crippen LogP contribution is -2.09. The zero-order valence-electron chi connectivity index (χ0n) is 17.1. The molecule has 0 radical (unpaired) electrons. The molecule has 158 valence electrons. The van der Waals surface area contributed by atoms with Gasteiger partial charge in [-0.05, 0) is 11.1 Å². The van der Waals surface area contributed by atoms with E-state index < -0.39 is 12.2 Å². The zero-order valence-corrected chi connectivity index (χ0v) is 17.1. The van der Waals surface area contributed by atoms with Crippen molar-refractivity contribution in [3.63, 3.8) is 0 Å². The molecule has 0 aliphatic heterocycles. The van der Waals surface area contributed by atoms with E-state index in [-0.39, 0.29) is 13.2 Å². The van der Waals surface area contributed by atoms with E-state index in [0.717, 1.165) is 22.3 Å². The first-order valence-electron chi connectivity index (χ1n) is 9.95. The topological polar surface area (TPSA) is 68.2 Å². The number of benzene rings is 3. The van der Waals surface area contributed by atoms with Crippen LogP contribution in [-0.2, 0) is 22.7 Å². The van der Waals surface area contributed by atoms with Gasteiger partial charge in [-0.2, -0.15) is 0 Å². The second-order valence-corrected chi connectivity index (χ2v) is 6.99. The molecule has 3 aromatic rings. The lowest BCUT2D eigenvalue weighted by Gasteiger charge is -2.16. The van der Waals surface area contributed by atoms with Gasteiger partial charge in [-0.3, -0.25) is 0 Å². The first-order valence-corrected chi connectivity index (χ1v) is 9.95. The Hall–Kier alpha value is -2.70. The Balaban J connectivity index is 1.53. The van der Waals surface area contributed by atoms with Gasteiger partial charge < -0.3 is 24.4 Å². The lowest BCUT2D eigenvalue weighted by molar-refractivity contribution is 0.0244. The van der Waals surface area contributed by atoms with Gasteiger partial charge >= 0.3 is 0 Å². The van der Waals surface area contributed by atoms with Crippen molar-refractivity contribution in [2.24, 2.45) is 0 Å². The molecule has 2 N–H and O–H groups in total. The number of aliphatic hydroxyl groups is 2. The molecule has 30 heavy (non-hydrogen) atoms. The van der Waals surface area contributed by atoms with Crippen LogP contribution >= 0.6 is 0 Å². The van der Waals surface area contributed by atoms with Crippen LogP contribution in [0.3, 0.4) is 0 Å². The van der Waals surface area contributed by atoms with Crippen LogP contribution in [0.1, 0.15) is 34.5 Å². The summed E-state index contributed by atoms with van der Waals surface area (Å²) in [5, 5.41) is 20.5. The van der Waals surface area contributed by atoms with E-state index >= 15 is 0 Å². The average Bonchev–Trinajstić information content (AvgIpc) is 2.80. The molecule has 3 rings (SSSR count). The van der Waals surface area contributed by atoms with Gasteiger partial charge in [-0.15, -0.1) is 0 Å². The standard InChI is InChI=1S/C25H28O5/c1-28-25-21(15-29-17-23(26)19-9-4-2-5-10-19)13-8-14-22(25)16-30-18-24(27)20-11-6-3-7-12-20/h2-14,23-24,26-27H,15-18H2,1H3/t23-,24-/m0/s1. The zero-order chi connectivity index (χ0) is 21.2. The molecule has 2 atom stereocenters. The van der Waals surface area contributed by atoms with Crippen LogP contribution < -0.4 is 4.74 Å². The van der Waals surface area contributed by atoms with Gasteiger partial charge in [0.15, 0.2) is 0 Å². The van der Waals surface area contributed by atoms with E-state index in [0.29, 0.717) is 19.0 Å². The summed E-state index contributed by atoms with van der Waals surface area (Å²) in [5.41, 5.74) is 3.40. The highest BCUT2D eigenvalue weighted by molar-refractivity contribution is 5.41. The largest absolute Gasteiger partial charge is 0.496 e. The Bertz CT molecular complexity index is 813. The van der Waals surface area contributed by atoms with Crippen molar-refractivity contribution in [1.82, 2.24) is 0 Å². The summed E-state index contributed by atoms with van der Waals surface area (Å²) in [6.45, 7) is 1.01. The Morgan fingerprint density at radius 2 is 1.07 bits per heavy atom. The van der Waals surface area contributed by atoms with E-state index in [1.807, 2.05) is 78.9 Å². The van der Waals surface area contributed by atoms with Crippen molar-refractivity contribution >= 4 is 0 Å². The molecular weight excluding hydrogens is 380 g/mol. The Kier molecular flexibility index (Phi) is 8.41. The molecule has 0 aliphatic rings. The normalized spacial score (nSPS) is 13.0. The summed E-state index contributed by atoms with van der Waals surface area (Å²) in [7, 11) is 1.61. The molecule has 0 fully saturated rings. The Morgan fingerprint density at radius 1 is 0.633 bits per heavy atom. The van der Waals surface area contributed by atoms with Gasteiger partial charge in [0.1, 0.15) is 18.0 Å². The highest BCUT2D eigenvalue weighted by atomic mass is 16.5. The number of hydrogen-bond donors (Lipinski definition) is 2. The van der Waals surface area contributed by atoms with Crippen molar-refractivity contribution in [3.8, 4) is 5.75 Å². The first kappa shape index (κ1) is 22.0. The molecule has 0 aromatic heterocycles. The summed E-state index contributed by atoms with van der Waals surface area (Å²) in [5.74, 6) is 0.695. The van der Waals surface area contributed by atoms with Gasteiger partial charge in [-0.1, -0.05) is 78.9 Å². The summed E-state index contributed by atoms with van der Waals surface area (Å²) >= 11 is 0. The molecule has 0 saturated carbocycles. The molecule has 5 heteroatoms. The fraction of sp³-hybridized carbons (Fsp3) is 0.280. The summed E-state index contributed by atoms with van der Waals surface area (Å²) in [4.78, 5) is 0. The fourth-order valence-corrected chi connectivity index (χ4v) is 3.23. The lowest BCUT2D eigenvalue weighted by atomic mass is 10.1. The van der Waals surface area contributed by atoms with Crippen molar-refractivity contribution in [3.05, 3.63) is 101 Å². The first-order chi connectivity index (χ1) is 14.7. The average molecular weight is 408 g/mol. The molecule has 3 aromatic carbocycles. The van der Waals surface area contributed by atoms with E-state index in [9.17, 15) is 10.2 Å². The van der Waals surface area contributed by atoms with Crippen LogP contribution in [0.5, 0.6) is 5.75 Å². The van der Waals surface area contributed by atoms with E-state index in [4.69, 9.17) is 14.2 Å². The highest BCUT2D eigenvalue weighted by Gasteiger charge is 2.13. The van der Waals surface area contributed by atoms with Crippen LogP contribution in [0.25, 0.3) is 0 Å². The third-order valence-electron chi connectivity index (χ3n) is 4.82. The van der Waals surface area contributed by atoms with E-state index in [1.165, 1.54) is 0 Å². The van der Waals surface area contributed by atoms with Crippen LogP contribution in [0, 0.1) is 0 Å². The quantitative estimate of drug-likeness (QED) is 0.498. The van der Waals surface area contributed by atoms with Crippen molar-refractivity contribution < 1.29 is 24.4 Å². The van der Waals surface area contributed by atoms with Crippen LogP contribution in [0.4, 0.5) is 0 Å². The predicted octanol–water partition coefficient (Wildman–Crippen LogP) is 4.20. The van der Waals surface area contributed by atoms with Gasteiger partial charge in [-0.25, -0.2) is 0 Å². The molecule has 0 spiro atoms. The monoisotopic (exact) mass is 408 g/mol. The second kappa shape index (κ2) is 11.5. The minimum absolute atomic E-state index is 0.192. The van der Waals surface area contributed by atoms with Crippen molar-refractivity contribution in [1.29, 1.82) is 0 Å². The van der Waals surface area contributed by atoms with E-state index in [1.54, 1.807) is 7.11 Å². The molecule has 0 aliphatic carbocycles.